The smallest absolute Gasteiger partial charge is 0.234 e. The number of rotatable bonds is 10. The summed E-state index contributed by atoms with van der Waals surface area (Å²) in [7, 11) is 0. The first-order valence-corrected chi connectivity index (χ1v) is 26.0. The predicted molar refractivity (Wildman–Crippen MR) is 307 cm³/mol. The van der Waals surface area contributed by atoms with Crippen molar-refractivity contribution in [2.75, 3.05) is 9.80 Å². The van der Waals surface area contributed by atoms with Gasteiger partial charge in [0.2, 0.25) is 5.95 Å². The van der Waals surface area contributed by atoms with Crippen molar-refractivity contribution in [2.24, 2.45) is 0 Å². The third-order valence-electron chi connectivity index (χ3n) is 15.7. The summed E-state index contributed by atoms with van der Waals surface area (Å²) in [5.74, 6) is 2.38. The second-order valence-electron chi connectivity index (χ2n) is 19.8. The third-order valence-corrected chi connectivity index (χ3v) is 15.7. The molecule has 5 nitrogen and oxygen atoms in total. The van der Waals surface area contributed by atoms with Gasteiger partial charge in [-0.25, -0.2) is 4.98 Å². The van der Waals surface area contributed by atoms with E-state index in [1.54, 1.807) is 0 Å². The highest BCUT2D eigenvalue weighted by atomic mass is 15.3. The van der Waals surface area contributed by atoms with Crippen molar-refractivity contribution in [3.8, 4) is 33.9 Å². The maximum Gasteiger partial charge on any atom is 0.234 e. The fourth-order valence-corrected chi connectivity index (χ4v) is 12.2. The summed E-state index contributed by atoms with van der Waals surface area (Å²) < 4.78 is 0. The molecule has 0 radical (unpaired) electrons. The fourth-order valence-electron chi connectivity index (χ4n) is 12.2. The number of para-hydroxylation sites is 1. The molecule has 3 atom stereocenters. The van der Waals surface area contributed by atoms with Gasteiger partial charge in [0.1, 0.15) is 0 Å². The van der Waals surface area contributed by atoms with Crippen molar-refractivity contribution >= 4 is 34.3 Å². The quantitative estimate of drug-likeness (QED) is 0.137. The molecule has 1 aliphatic heterocycles. The Morgan fingerprint density at radius 3 is 1.69 bits per heavy atom. The lowest BCUT2D eigenvalue weighted by molar-refractivity contribution is 0.730. The first-order chi connectivity index (χ1) is 37.2. The molecule has 0 saturated heterocycles. The van der Waals surface area contributed by atoms with Crippen molar-refractivity contribution in [3.63, 3.8) is 0 Å². The summed E-state index contributed by atoms with van der Waals surface area (Å²) in [5.41, 5.74) is 18.4. The van der Waals surface area contributed by atoms with E-state index in [0.29, 0.717) is 23.5 Å². The molecule has 2 heterocycles. The van der Waals surface area contributed by atoms with Gasteiger partial charge in [0.05, 0.1) is 11.5 Å². The molecule has 1 aromatic heterocycles. The molecule has 3 unspecified atom stereocenters. The summed E-state index contributed by atoms with van der Waals surface area (Å²) in [5, 5.41) is 0. The van der Waals surface area contributed by atoms with Gasteiger partial charge in [-0.15, -0.1) is 0 Å². The Kier molecular flexibility index (Phi) is 10.9. The van der Waals surface area contributed by atoms with Crippen LogP contribution in [-0.2, 0) is 5.41 Å². The summed E-state index contributed by atoms with van der Waals surface area (Å²) in [4.78, 5) is 20.1. The van der Waals surface area contributed by atoms with Gasteiger partial charge in [0.15, 0.2) is 11.6 Å². The van der Waals surface area contributed by atoms with Gasteiger partial charge in [0.25, 0.3) is 0 Å². The van der Waals surface area contributed by atoms with Gasteiger partial charge in [-0.05, 0) is 105 Å². The van der Waals surface area contributed by atoms with E-state index in [9.17, 15) is 0 Å². The molecule has 0 saturated carbocycles. The topological polar surface area (TPSA) is 45.2 Å². The molecule has 0 amide bonds. The average molecular weight is 962 g/mol. The van der Waals surface area contributed by atoms with E-state index in [0.717, 1.165) is 45.9 Å². The first-order valence-electron chi connectivity index (χ1n) is 26.0. The summed E-state index contributed by atoms with van der Waals surface area (Å²) in [6.45, 7) is 0. The van der Waals surface area contributed by atoms with Crippen LogP contribution in [0.2, 0.25) is 0 Å². The summed E-state index contributed by atoms with van der Waals surface area (Å²) in [6, 6.07) is 85.6. The second kappa shape index (κ2) is 18.5. The zero-order chi connectivity index (χ0) is 49.7. The van der Waals surface area contributed by atoms with Crippen LogP contribution >= 0.6 is 0 Å². The van der Waals surface area contributed by atoms with Gasteiger partial charge in [-0.3, -0.25) is 0 Å². The van der Waals surface area contributed by atoms with Crippen molar-refractivity contribution in [2.45, 2.75) is 29.7 Å². The molecule has 9 aromatic carbocycles. The van der Waals surface area contributed by atoms with Gasteiger partial charge in [-0.1, -0.05) is 237 Å². The van der Waals surface area contributed by atoms with Crippen LogP contribution in [0.15, 0.2) is 279 Å². The Labute approximate surface area is 438 Å². The van der Waals surface area contributed by atoms with E-state index in [-0.39, 0.29) is 12.0 Å². The van der Waals surface area contributed by atoms with Crippen molar-refractivity contribution in [1.29, 1.82) is 0 Å². The number of anilines is 5. The van der Waals surface area contributed by atoms with Crippen LogP contribution in [0.3, 0.4) is 0 Å². The number of nitrogens with zero attached hydrogens (tertiary/aromatic N) is 5. The third kappa shape index (κ3) is 7.58. The van der Waals surface area contributed by atoms with E-state index in [1.807, 2.05) is 36.4 Å². The predicted octanol–water partition coefficient (Wildman–Crippen LogP) is 16.9. The van der Waals surface area contributed by atoms with Crippen LogP contribution in [0, 0.1) is 0 Å². The normalized spacial score (nSPS) is 17.4. The van der Waals surface area contributed by atoms with E-state index in [1.165, 1.54) is 50.1 Å². The minimum absolute atomic E-state index is 0.0221. The molecule has 356 valence electrons. The van der Waals surface area contributed by atoms with Crippen LogP contribution in [0.25, 0.3) is 39.5 Å². The van der Waals surface area contributed by atoms with Crippen molar-refractivity contribution in [3.05, 3.63) is 318 Å². The van der Waals surface area contributed by atoms with E-state index in [4.69, 9.17) is 15.0 Å². The Balaban J connectivity index is 0.846. The maximum atomic E-state index is 5.19. The lowest BCUT2D eigenvalue weighted by atomic mass is 9.68. The molecule has 4 aliphatic rings. The Morgan fingerprint density at radius 2 is 1.04 bits per heavy atom. The SMILES string of the molecule is C1=CCC(c2ccc(N(c3ccc(C4=CC5c6ccccc6N(c6nc(-c7ccccc7)nc(-c7ccccc7)n6)C5C=C4)cc3)c3ccc4c(c3)-c3ccccc3C4(c3ccccc3)c3ccccc3)cc2)C=C1. The molecular weight excluding hydrogens is 911 g/mol. The van der Waals surface area contributed by atoms with Crippen LogP contribution in [0.4, 0.5) is 28.7 Å². The van der Waals surface area contributed by atoms with Crippen molar-refractivity contribution in [1.82, 2.24) is 15.0 Å². The standard InChI is InChI=1S/C70H51N5/c1-6-20-48(21-7-1)49-34-39-56(40-35-49)74(58-43-44-64-61(47-58)59-30-16-18-32-63(59)70(64,54-26-12-4-13-27-54)55-28-14-5-15-29-55)57-41-36-50(37-42-57)53-38-45-66-62(46-53)60-31-17-19-33-65(60)75(66)69-72-67(51-22-8-2-9-23-51)71-68(73-69)52-24-10-3-11-25-52/h1-20,22-48,62,66H,21H2. The summed E-state index contributed by atoms with van der Waals surface area (Å²) in [6.07, 6.45) is 16.9. The average Bonchev–Trinajstić information content (AvgIpc) is 4.04. The number of allylic oxidation sites excluding steroid dienone is 6. The van der Waals surface area contributed by atoms with Crippen LogP contribution in [0.5, 0.6) is 0 Å². The number of hydrogen-bond acceptors (Lipinski definition) is 5. The van der Waals surface area contributed by atoms with Gasteiger partial charge in [0, 0.05) is 45.7 Å². The molecule has 5 heteroatoms. The monoisotopic (exact) mass is 961 g/mol. The van der Waals surface area contributed by atoms with E-state index >= 15 is 0 Å². The highest BCUT2D eigenvalue weighted by Gasteiger charge is 2.46. The number of benzene rings is 9. The molecule has 14 rings (SSSR count). The van der Waals surface area contributed by atoms with Crippen molar-refractivity contribution < 1.29 is 0 Å². The van der Waals surface area contributed by atoms with Gasteiger partial charge < -0.3 is 9.80 Å². The fraction of sp³-hybridized carbons (Fsp3) is 0.0714. The highest BCUT2D eigenvalue weighted by Crippen LogP contribution is 2.57. The molecule has 0 fully saturated rings. The lowest BCUT2D eigenvalue weighted by Crippen LogP contribution is -2.30. The molecule has 0 bridgehead atoms. The van der Waals surface area contributed by atoms with E-state index < -0.39 is 5.41 Å². The number of hydrogen-bond donors (Lipinski definition) is 0. The Hall–Kier alpha value is -9.45. The molecule has 75 heavy (non-hydrogen) atoms. The second-order valence-corrected chi connectivity index (χ2v) is 19.8. The number of aromatic nitrogens is 3. The zero-order valence-electron chi connectivity index (χ0n) is 41.2. The maximum absolute atomic E-state index is 5.19. The number of fused-ring (bicyclic) bond motifs is 6. The molecule has 0 spiro atoms. The van der Waals surface area contributed by atoms with Crippen LogP contribution < -0.4 is 9.80 Å². The Bertz CT molecular complexity index is 3770. The van der Waals surface area contributed by atoms with Gasteiger partial charge >= 0.3 is 0 Å². The summed E-state index contributed by atoms with van der Waals surface area (Å²) >= 11 is 0. The van der Waals surface area contributed by atoms with Crippen LogP contribution in [0.1, 0.15) is 57.2 Å². The largest absolute Gasteiger partial charge is 0.310 e. The van der Waals surface area contributed by atoms with Gasteiger partial charge in [-0.2, -0.15) is 9.97 Å². The van der Waals surface area contributed by atoms with Crippen LogP contribution in [-0.4, -0.2) is 21.0 Å². The molecule has 3 aliphatic carbocycles. The minimum atomic E-state index is -0.471. The highest BCUT2D eigenvalue weighted by molar-refractivity contribution is 5.91. The molecular formula is C70H51N5. The lowest BCUT2D eigenvalue weighted by Gasteiger charge is -2.34. The minimum Gasteiger partial charge on any atom is -0.310 e. The first kappa shape index (κ1) is 44.3. The molecule has 0 N–H and O–H groups in total. The Morgan fingerprint density at radius 1 is 0.467 bits per heavy atom. The van der Waals surface area contributed by atoms with E-state index in [2.05, 4.69) is 253 Å². The zero-order valence-corrected chi connectivity index (χ0v) is 41.2. The molecule has 10 aromatic rings.